The van der Waals surface area contributed by atoms with E-state index in [0.29, 0.717) is 21.6 Å². The van der Waals surface area contributed by atoms with Gasteiger partial charge in [0, 0.05) is 6.42 Å². The van der Waals surface area contributed by atoms with Crippen molar-refractivity contribution >= 4 is 15.2 Å². The SMILES string of the molecule is CC1(P)CCCCCCC([N+](C)(C)/C(N)=N/O)CC1. The maximum atomic E-state index is 8.97. The van der Waals surface area contributed by atoms with Crippen LogP contribution in [0.1, 0.15) is 58.3 Å². The van der Waals surface area contributed by atoms with Crippen LogP contribution in [0.15, 0.2) is 5.16 Å². The fourth-order valence-corrected chi connectivity index (χ4v) is 3.35. The molecule has 1 aliphatic carbocycles. The third-order valence-electron chi connectivity index (χ3n) is 4.69. The van der Waals surface area contributed by atoms with Crippen LogP contribution in [0.2, 0.25) is 0 Å². The second-order valence-corrected chi connectivity index (χ2v) is 8.19. The number of quaternary nitrogens is 1. The summed E-state index contributed by atoms with van der Waals surface area (Å²) < 4.78 is 0.497. The van der Waals surface area contributed by atoms with Crippen molar-refractivity contribution in [3.63, 3.8) is 0 Å². The average Bonchev–Trinajstić information content (AvgIpc) is 2.35. The minimum absolute atomic E-state index is 0.313. The van der Waals surface area contributed by atoms with Gasteiger partial charge in [0.2, 0.25) is 0 Å². The van der Waals surface area contributed by atoms with Crippen LogP contribution in [0.5, 0.6) is 0 Å². The monoisotopic (exact) mass is 288 g/mol. The largest absolute Gasteiger partial charge is 0.405 e. The molecule has 3 atom stereocenters. The fraction of sp³-hybridized carbons (Fsp3) is 0.929. The maximum Gasteiger partial charge on any atom is 0.333 e. The first-order chi connectivity index (χ1) is 8.79. The van der Waals surface area contributed by atoms with Crippen molar-refractivity contribution in [2.75, 3.05) is 14.1 Å². The summed E-state index contributed by atoms with van der Waals surface area (Å²) in [6, 6.07) is 0.439. The van der Waals surface area contributed by atoms with Gasteiger partial charge in [0.1, 0.15) is 0 Å². The molecule has 1 saturated carbocycles. The molecular weight excluding hydrogens is 257 g/mol. The summed E-state index contributed by atoms with van der Waals surface area (Å²) in [7, 11) is 7.13. The lowest BCUT2D eigenvalue weighted by Crippen LogP contribution is -2.57. The molecule has 0 aromatic rings. The summed E-state index contributed by atoms with van der Waals surface area (Å²) in [5.41, 5.74) is 5.88. The predicted molar refractivity (Wildman–Crippen MR) is 84.4 cm³/mol. The number of guanidine groups is 1. The normalized spacial score (nSPS) is 32.0. The van der Waals surface area contributed by atoms with Crippen LogP contribution in [0.4, 0.5) is 0 Å². The molecule has 3 unspecified atom stereocenters. The summed E-state index contributed by atoms with van der Waals surface area (Å²) in [6.07, 6.45) is 9.96. The van der Waals surface area contributed by atoms with Crippen LogP contribution in [0.3, 0.4) is 0 Å². The fourth-order valence-electron chi connectivity index (χ4n) is 2.98. The molecule has 0 heterocycles. The molecule has 0 saturated heterocycles. The van der Waals surface area contributed by atoms with Gasteiger partial charge in [-0.3, -0.25) is 4.48 Å². The van der Waals surface area contributed by atoms with E-state index in [1.54, 1.807) is 0 Å². The van der Waals surface area contributed by atoms with Crippen molar-refractivity contribution in [2.45, 2.75) is 69.5 Å². The Kier molecular flexibility index (Phi) is 6.07. The molecule has 1 fully saturated rings. The van der Waals surface area contributed by atoms with E-state index >= 15 is 0 Å². The Bertz CT molecular complexity index is 316. The number of nitrogens with zero attached hydrogens (tertiary/aromatic N) is 2. The van der Waals surface area contributed by atoms with E-state index in [4.69, 9.17) is 10.9 Å². The van der Waals surface area contributed by atoms with E-state index in [9.17, 15) is 0 Å². The Hall–Kier alpha value is -0.340. The maximum absolute atomic E-state index is 8.97. The zero-order valence-electron chi connectivity index (χ0n) is 12.7. The molecule has 0 aromatic heterocycles. The van der Waals surface area contributed by atoms with Crippen molar-refractivity contribution in [1.29, 1.82) is 0 Å². The van der Waals surface area contributed by atoms with E-state index in [2.05, 4.69) is 21.3 Å². The molecule has 0 spiro atoms. The first-order valence-corrected chi connectivity index (χ1v) is 7.98. The average molecular weight is 288 g/mol. The molecule has 0 aromatic carbocycles. The summed E-state index contributed by atoms with van der Waals surface area (Å²) in [5.74, 6) is 0.313. The Morgan fingerprint density at radius 3 is 2.47 bits per heavy atom. The van der Waals surface area contributed by atoms with Crippen molar-refractivity contribution in [3.8, 4) is 0 Å². The van der Waals surface area contributed by atoms with Gasteiger partial charge in [0.25, 0.3) is 0 Å². The number of hydrogen-bond acceptors (Lipinski definition) is 2. The predicted octanol–water partition coefficient (Wildman–Crippen LogP) is 2.90. The third kappa shape index (κ3) is 4.92. The summed E-state index contributed by atoms with van der Waals surface area (Å²) in [5, 5.41) is 12.5. The lowest BCUT2D eigenvalue weighted by atomic mass is 9.89. The Labute approximate surface area is 120 Å². The quantitative estimate of drug-likeness (QED) is 0.195. The van der Waals surface area contributed by atoms with Gasteiger partial charge in [-0.25, -0.2) is 0 Å². The van der Waals surface area contributed by atoms with Gasteiger partial charge in [0.05, 0.1) is 20.1 Å². The number of oxime groups is 1. The van der Waals surface area contributed by atoms with E-state index in [1.807, 2.05) is 14.1 Å². The summed E-state index contributed by atoms with van der Waals surface area (Å²) in [6.45, 7) is 2.33. The second kappa shape index (κ2) is 6.90. The third-order valence-corrected chi connectivity index (χ3v) is 5.27. The van der Waals surface area contributed by atoms with Crippen LogP contribution in [0, 0.1) is 0 Å². The molecule has 0 amide bonds. The van der Waals surface area contributed by atoms with Crippen molar-refractivity contribution < 1.29 is 9.69 Å². The highest BCUT2D eigenvalue weighted by molar-refractivity contribution is 7.18. The van der Waals surface area contributed by atoms with Crippen LogP contribution < -0.4 is 5.73 Å². The molecule has 1 rings (SSSR count). The number of nitrogens with two attached hydrogens (primary N) is 1. The molecule has 4 nitrogen and oxygen atoms in total. The standard InChI is InChI=1S/C14H30N3OP/c1-14(19)10-7-5-4-6-8-12(9-11-14)17(2,3)13(15)16-18/h12H,4-11,19H2,1-3H3,(H2-,15,16,18)/p+1. The van der Waals surface area contributed by atoms with Gasteiger partial charge in [0.15, 0.2) is 0 Å². The van der Waals surface area contributed by atoms with Gasteiger partial charge in [-0.1, -0.05) is 26.2 Å². The van der Waals surface area contributed by atoms with Gasteiger partial charge in [-0.2, -0.15) is 0 Å². The summed E-state index contributed by atoms with van der Waals surface area (Å²) >= 11 is 0. The Morgan fingerprint density at radius 1 is 1.21 bits per heavy atom. The molecule has 112 valence electrons. The van der Waals surface area contributed by atoms with Crippen LogP contribution >= 0.6 is 9.24 Å². The van der Waals surface area contributed by atoms with Gasteiger partial charge in [-0.15, -0.1) is 9.24 Å². The molecule has 19 heavy (non-hydrogen) atoms. The Morgan fingerprint density at radius 2 is 1.84 bits per heavy atom. The highest BCUT2D eigenvalue weighted by Gasteiger charge is 2.34. The first-order valence-electron chi connectivity index (χ1n) is 7.40. The minimum Gasteiger partial charge on any atom is -0.405 e. The van der Waals surface area contributed by atoms with Gasteiger partial charge < -0.3 is 10.9 Å². The van der Waals surface area contributed by atoms with E-state index in [-0.39, 0.29) is 0 Å². The minimum atomic E-state index is 0.313. The van der Waals surface area contributed by atoms with E-state index in [1.165, 1.54) is 38.5 Å². The second-order valence-electron chi connectivity index (χ2n) is 6.80. The highest BCUT2D eigenvalue weighted by Crippen LogP contribution is 2.34. The van der Waals surface area contributed by atoms with Crippen molar-refractivity contribution in [1.82, 2.24) is 0 Å². The summed E-state index contributed by atoms with van der Waals surface area (Å²) in [4.78, 5) is 0. The lowest BCUT2D eigenvalue weighted by Gasteiger charge is -2.38. The molecule has 0 aliphatic heterocycles. The lowest BCUT2D eigenvalue weighted by molar-refractivity contribution is -0.830. The van der Waals surface area contributed by atoms with Crippen LogP contribution in [-0.4, -0.2) is 40.9 Å². The molecule has 3 N–H and O–H groups in total. The molecule has 5 heteroatoms. The number of rotatable bonds is 1. The van der Waals surface area contributed by atoms with Crippen molar-refractivity contribution in [2.24, 2.45) is 10.9 Å². The topological polar surface area (TPSA) is 58.6 Å². The van der Waals surface area contributed by atoms with Crippen LogP contribution in [-0.2, 0) is 0 Å². The van der Waals surface area contributed by atoms with Crippen LogP contribution in [0.25, 0.3) is 0 Å². The van der Waals surface area contributed by atoms with E-state index < -0.39 is 0 Å². The first kappa shape index (κ1) is 16.7. The van der Waals surface area contributed by atoms with E-state index in [0.717, 1.165) is 12.8 Å². The smallest absolute Gasteiger partial charge is 0.333 e. The zero-order valence-corrected chi connectivity index (χ0v) is 13.9. The van der Waals surface area contributed by atoms with Gasteiger partial charge >= 0.3 is 5.96 Å². The zero-order chi connectivity index (χ0) is 14.5. The van der Waals surface area contributed by atoms with Gasteiger partial charge in [-0.05, 0) is 36.0 Å². The Balaban J connectivity index is 2.79. The molecular formula is C14H31N3OP+. The molecule has 1 aliphatic rings. The molecule has 0 bridgehead atoms. The van der Waals surface area contributed by atoms with Crippen molar-refractivity contribution in [3.05, 3.63) is 0 Å². The molecule has 0 radical (unpaired) electrons. The highest BCUT2D eigenvalue weighted by atomic mass is 31.0. The number of hydrogen-bond donors (Lipinski definition) is 2.